The van der Waals surface area contributed by atoms with Crippen molar-refractivity contribution in [3.05, 3.63) is 0 Å². The Balaban J connectivity index is 1.95. The zero-order valence-electron chi connectivity index (χ0n) is 10.9. The second-order valence-corrected chi connectivity index (χ2v) is 5.81. The van der Waals surface area contributed by atoms with Gasteiger partial charge in [0.25, 0.3) is 0 Å². The van der Waals surface area contributed by atoms with E-state index in [1.165, 1.54) is 12.8 Å². The Hall–Kier alpha value is -0.770. The van der Waals surface area contributed by atoms with Crippen LogP contribution >= 0.6 is 0 Å². The number of hydrogen-bond donors (Lipinski definition) is 2. The molecule has 2 aliphatic rings. The van der Waals surface area contributed by atoms with Gasteiger partial charge in [-0.25, -0.2) is 4.79 Å². The summed E-state index contributed by atoms with van der Waals surface area (Å²) in [5, 5.41) is 3.22. The highest BCUT2D eigenvalue weighted by atomic mass is 16.2. The van der Waals surface area contributed by atoms with Crippen LogP contribution in [-0.4, -0.2) is 36.1 Å². The fraction of sp³-hybridized carbons (Fsp3) is 0.923. The summed E-state index contributed by atoms with van der Waals surface area (Å²) in [6, 6.07) is 0.0991. The van der Waals surface area contributed by atoms with Crippen LogP contribution in [0, 0.1) is 5.92 Å². The Bertz CT molecular complexity index is 276. The number of nitrogens with one attached hydrogen (secondary N) is 1. The molecule has 0 spiro atoms. The molecule has 2 fully saturated rings. The predicted molar refractivity (Wildman–Crippen MR) is 68.8 cm³/mol. The highest BCUT2D eigenvalue weighted by Crippen LogP contribution is 2.31. The molecule has 3 N–H and O–H groups in total. The van der Waals surface area contributed by atoms with Gasteiger partial charge < -0.3 is 16.0 Å². The SMILES string of the molecule is CC1CCCC(CN)(NC(=O)N2CCCC2)C1. The maximum absolute atomic E-state index is 12.1. The first-order valence-electron chi connectivity index (χ1n) is 6.92. The standard InChI is InChI=1S/C13H25N3O/c1-11-5-4-6-13(9-11,10-14)15-12(17)16-7-2-3-8-16/h11H,2-10,14H2,1H3,(H,15,17). The van der Waals surface area contributed by atoms with Gasteiger partial charge in [0.05, 0.1) is 5.54 Å². The van der Waals surface area contributed by atoms with Crippen molar-refractivity contribution in [1.29, 1.82) is 0 Å². The molecule has 1 aliphatic carbocycles. The Morgan fingerprint density at radius 2 is 2.12 bits per heavy atom. The Morgan fingerprint density at radius 3 is 2.71 bits per heavy atom. The van der Waals surface area contributed by atoms with Gasteiger partial charge in [-0.3, -0.25) is 0 Å². The fourth-order valence-electron chi connectivity index (χ4n) is 3.24. The second-order valence-electron chi connectivity index (χ2n) is 5.81. The van der Waals surface area contributed by atoms with Gasteiger partial charge in [0.2, 0.25) is 0 Å². The Labute approximate surface area is 104 Å². The third-order valence-corrected chi connectivity index (χ3v) is 4.25. The Kier molecular flexibility index (Phi) is 3.92. The van der Waals surface area contributed by atoms with E-state index in [1.54, 1.807) is 0 Å². The van der Waals surface area contributed by atoms with Crippen LogP contribution in [0.1, 0.15) is 45.4 Å². The van der Waals surface area contributed by atoms with Gasteiger partial charge in [-0.15, -0.1) is 0 Å². The number of carbonyl (C=O) groups excluding carboxylic acids is 1. The number of carbonyl (C=O) groups is 1. The first kappa shape index (κ1) is 12.7. The highest BCUT2D eigenvalue weighted by molar-refractivity contribution is 5.75. The van der Waals surface area contributed by atoms with Crippen molar-refractivity contribution in [2.75, 3.05) is 19.6 Å². The van der Waals surface area contributed by atoms with Gasteiger partial charge in [-0.05, 0) is 31.6 Å². The molecule has 98 valence electrons. The summed E-state index contributed by atoms with van der Waals surface area (Å²) < 4.78 is 0. The lowest BCUT2D eigenvalue weighted by atomic mass is 9.76. The van der Waals surface area contributed by atoms with Crippen molar-refractivity contribution in [3.8, 4) is 0 Å². The molecular weight excluding hydrogens is 214 g/mol. The third-order valence-electron chi connectivity index (χ3n) is 4.25. The van der Waals surface area contributed by atoms with Crippen molar-refractivity contribution in [1.82, 2.24) is 10.2 Å². The summed E-state index contributed by atoms with van der Waals surface area (Å²) in [7, 11) is 0. The van der Waals surface area contributed by atoms with E-state index < -0.39 is 0 Å². The topological polar surface area (TPSA) is 58.4 Å². The highest BCUT2D eigenvalue weighted by Gasteiger charge is 2.36. The van der Waals surface area contributed by atoms with Crippen LogP contribution < -0.4 is 11.1 Å². The zero-order chi connectivity index (χ0) is 12.3. The molecule has 2 amide bonds. The van der Waals surface area contributed by atoms with Crippen LogP contribution in [-0.2, 0) is 0 Å². The van der Waals surface area contributed by atoms with Crippen LogP contribution in [0.15, 0.2) is 0 Å². The van der Waals surface area contributed by atoms with Gasteiger partial charge in [0.15, 0.2) is 0 Å². The van der Waals surface area contributed by atoms with Gasteiger partial charge in [-0.1, -0.05) is 19.8 Å². The molecule has 1 heterocycles. The summed E-state index contributed by atoms with van der Waals surface area (Å²) in [6.45, 7) is 4.63. The van der Waals surface area contributed by atoms with E-state index >= 15 is 0 Å². The van der Waals surface area contributed by atoms with E-state index in [-0.39, 0.29) is 11.6 Å². The van der Waals surface area contributed by atoms with E-state index in [4.69, 9.17) is 5.73 Å². The summed E-state index contributed by atoms with van der Waals surface area (Å²) in [4.78, 5) is 14.1. The smallest absolute Gasteiger partial charge is 0.317 e. The molecule has 1 saturated carbocycles. The van der Waals surface area contributed by atoms with Crippen LogP contribution in [0.4, 0.5) is 4.79 Å². The molecule has 4 nitrogen and oxygen atoms in total. The second kappa shape index (κ2) is 5.25. The van der Waals surface area contributed by atoms with E-state index in [2.05, 4.69) is 12.2 Å². The van der Waals surface area contributed by atoms with Gasteiger partial charge in [-0.2, -0.15) is 0 Å². The molecule has 17 heavy (non-hydrogen) atoms. The molecule has 0 aromatic rings. The first-order chi connectivity index (χ1) is 8.15. The number of rotatable bonds is 2. The average Bonchev–Trinajstić information content (AvgIpc) is 2.82. The molecule has 2 rings (SSSR count). The molecule has 0 bridgehead atoms. The van der Waals surface area contributed by atoms with Crippen molar-refractivity contribution < 1.29 is 4.79 Å². The lowest BCUT2D eigenvalue weighted by Gasteiger charge is -2.40. The van der Waals surface area contributed by atoms with E-state index in [9.17, 15) is 4.79 Å². The van der Waals surface area contributed by atoms with Gasteiger partial charge >= 0.3 is 6.03 Å². The van der Waals surface area contributed by atoms with Crippen LogP contribution in [0.2, 0.25) is 0 Å². The van der Waals surface area contributed by atoms with Crippen molar-refractivity contribution in [3.63, 3.8) is 0 Å². The minimum Gasteiger partial charge on any atom is -0.331 e. The first-order valence-corrected chi connectivity index (χ1v) is 6.92. The van der Waals surface area contributed by atoms with Crippen molar-refractivity contribution in [2.45, 2.75) is 51.0 Å². The van der Waals surface area contributed by atoms with Crippen LogP contribution in [0.25, 0.3) is 0 Å². The van der Waals surface area contributed by atoms with Gasteiger partial charge in [0, 0.05) is 19.6 Å². The average molecular weight is 239 g/mol. The molecule has 0 radical (unpaired) electrons. The fourth-order valence-corrected chi connectivity index (χ4v) is 3.24. The van der Waals surface area contributed by atoms with Crippen LogP contribution in [0.5, 0.6) is 0 Å². The van der Waals surface area contributed by atoms with Gasteiger partial charge in [0.1, 0.15) is 0 Å². The predicted octanol–water partition coefficient (Wildman–Crippen LogP) is 1.70. The van der Waals surface area contributed by atoms with E-state index in [0.29, 0.717) is 12.5 Å². The summed E-state index contributed by atoms with van der Waals surface area (Å²) in [5.74, 6) is 0.672. The molecule has 2 unspecified atom stereocenters. The maximum Gasteiger partial charge on any atom is 0.317 e. The number of nitrogens with two attached hydrogens (primary N) is 1. The summed E-state index contributed by atoms with van der Waals surface area (Å²) in [5.41, 5.74) is 5.77. The molecular formula is C13H25N3O. The number of hydrogen-bond acceptors (Lipinski definition) is 2. The van der Waals surface area contributed by atoms with Crippen molar-refractivity contribution >= 4 is 6.03 Å². The molecule has 1 aliphatic heterocycles. The van der Waals surface area contributed by atoms with Crippen LogP contribution in [0.3, 0.4) is 0 Å². The summed E-state index contributed by atoms with van der Waals surface area (Å²) in [6.07, 6.45) is 6.79. The molecule has 1 saturated heterocycles. The number of likely N-dealkylation sites (tertiary alicyclic amines) is 1. The molecule has 0 aromatic heterocycles. The third kappa shape index (κ3) is 2.92. The monoisotopic (exact) mass is 239 g/mol. The lowest BCUT2D eigenvalue weighted by molar-refractivity contribution is 0.163. The zero-order valence-corrected chi connectivity index (χ0v) is 10.9. The lowest BCUT2D eigenvalue weighted by Crippen LogP contribution is -2.58. The number of nitrogens with zero attached hydrogens (tertiary/aromatic N) is 1. The molecule has 4 heteroatoms. The normalized spacial score (nSPS) is 33.8. The molecule has 2 atom stereocenters. The minimum atomic E-state index is -0.142. The summed E-state index contributed by atoms with van der Waals surface area (Å²) >= 11 is 0. The largest absolute Gasteiger partial charge is 0.331 e. The van der Waals surface area contributed by atoms with E-state index in [0.717, 1.165) is 38.8 Å². The maximum atomic E-state index is 12.1. The minimum absolute atomic E-state index is 0.0991. The molecule has 0 aromatic carbocycles. The quantitative estimate of drug-likeness (QED) is 0.770. The number of urea groups is 1. The number of amides is 2. The Morgan fingerprint density at radius 1 is 1.41 bits per heavy atom. The van der Waals surface area contributed by atoms with E-state index in [1.807, 2.05) is 4.90 Å². The van der Waals surface area contributed by atoms with Crippen molar-refractivity contribution in [2.24, 2.45) is 11.7 Å².